The van der Waals surface area contributed by atoms with E-state index in [4.69, 9.17) is 15.8 Å². The van der Waals surface area contributed by atoms with Crippen molar-refractivity contribution < 1.29 is 5.11 Å². The largest absolute Gasteiger partial charge is 0.395 e. The Balaban J connectivity index is 1.37. The van der Waals surface area contributed by atoms with Crippen LogP contribution in [0.2, 0.25) is 0 Å². The SMILES string of the molecule is CC1(C)CCC(C)(C)c2cc(-c3csc(C4CCN(CCCC[C@@H](N)CO)CC4)n3)ccc21. The first-order valence-corrected chi connectivity index (χ1v) is 13.8. The van der Waals surface area contributed by atoms with E-state index in [9.17, 15) is 0 Å². The topological polar surface area (TPSA) is 62.4 Å². The molecular weight excluding hydrogens is 426 g/mol. The molecule has 2 aromatic rings. The highest BCUT2D eigenvalue weighted by atomic mass is 32.1. The van der Waals surface area contributed by atoms with Crippen LogP contribution in [0, 0.1) is 0 Å². The second-order valence-electron chi connectivity index (χ2n) is 11.7. The average Bonchev–Trinajstić information content (AvgIpc) is 3.30. The Kier molecular flexibility index (Phi) is 7.64. The Morgan fingerprint density at radius 2 is 1.79 bits per heavy atom. The summed E-state index contributed by atoms with van der Waals surface area (Å²) in [4.78, 5) is 7.72. The number of thiazole rings is 1. The summed E-state index contributed by atoms with van der Waals surface area (Å²) in [6.07, 6.45) is 8.10. The van der Waals surface area contributed by atoms with Crippen LogP contribution in [0.15, 0.2) is 23.6 Å². The number of benzene rings is 1. The van der Waals surface area contributed by atoms with Crippen LogP contribution in [0.4, 0.5) is 0 Å². The van der Waals surface area contributed by atoms with Gasteiger partial charge in [0, 0.05) is 22.9 Å². The second kappa shape index (κ2) is 10.2. The monoisotopic (exact) mass is 469 g/mol. The lowest BCUT2D eigenvalue weighted by molar-refractivity contribution is 0.205. The van der Waals surface area contributed by atoms with Crippen molar-refractivity contribution in [1.82, 2.24) is 9.88 Å². The molecule has 1 aliphatic heterocycles. The minimum atomic E-state index is -0.0532. The van der Waals surface area contributed by atoms with Gasteiger partial charge in [-0.15, -0.1) is 11.3 Å². The van der Waals surface area contributed by atoms with E-state index in [1.807, 2.05) is 11.3 Å². The molecule has 1 aromatic heterocycles. The Morgan fingerprint density at radius 1 is 1.09 bits per heavy atom. The predicted molar refractivity (Wildman–Crippen MR) is 140 cm³/mol. The highest BCUT2D eigenvalue weighted by molar-refractivity contribution is 7.10. The molecule has 1 saturated heterocycles. The number of aliphatic hydroxyl groups excluding tert-OH is 1. The minimum absolute atomic E-state index is 0.0532. The lowest BCUT2D eigenvalue weighted by atomic mass is 9.63. The molecule has 4 rings (SSSR count). The molecule has 1 aliphatic carbocycles. The van der Waals surface area contributed by atoms with Crippen LogP contribution in [0.5, 0.6) is 0 Å². The molecule has 1 aromatic carbocycles. The van der Waals surface area contributed by atoms with Gasteiger partial charge in [-0.3, -0.25) is 0 Å². The zero-order chi connectivity index (χ0) is 23.6. The fourth-order valence-corrected chi connectivity index (χ4v) is 6.59. The smallest absolute Gasteiger partial charge is 0.0964 e. The number of unbranched alkanes of at least 4 members (excludes halogenated alkanes) is 1. The molecule has 0 amide bonds. The van der Waals surface area contributed by atoms with E-state index in [0.717, 1.165) is 38.2 Å². The third kappa shape index (κ3) is 5.70. The van der Waals surface area contributed by atoms with Crippen LogP contribution in [0.25, 0.3) is 11.3 Å². The molecule has 0 unspecified atom stereocenters. The maximum atomic E-state index is 9.05. The summed E-state index contributed by atoms with van der Waals surface area (Å²) in [7, 11) is 0. The van der Waals surface area contributed by atoms with Crippen molar-refractivity contribution in [2.24, 2.45) is 5.73 Å². The van der Waals surface area contributed by atoms with Gasteiger partial charge in [-0.1, -0.05) is 46.2 Å². The number of aromatic nitrogens is 1. The Bertz CT molecular complexity index is 927. The third-order valence-corrected chi connectivity index (χ3v) is 9.15. The fraction of sp³-hybridized carbons (Fsp3) is 0.679. The Labute approximate surface area is 204 Å². The first kappa shape index (κ1) is 24.8. The van der Waals surface area contributed by atoms with E-state index in [0.29, 0.717) is 5.92 Å². The van der Waals surface area contributed by atoms with Crippen molar-refractivity contribution in [1.29, 1.82) is 0 Å². The molecule has 182 valence electrons. The highest BCUT2D eigenvalue weighted by Crippen LogP contribution is 2.47. The number of piperidine rings is 1. The fourth-order valence-electron chi connectivity index (χ4n) is 5.59. The second-order valence-corrected chi connectivity index (χ2v) is 12.5. The van der Waals surface area contributed by atoms with Crippen molar-refractivity contribution in [3.63, 3.8) is 0 Å². The molecule has 3 N–H and O–H groups in total. The van der Waals surface area contributed by atoms with Crippen molar-refractivity contribution in [3.05, 3.63) is 39.7 Å². The molecule has 5 heteroatoms. The summed E-state index contributed by atoms with van der Waals surface area (Å²) >= 11 is 1.85. The van der Waals surface area contributed by atoms with Gasteiger partial charge in [0.15, 0.2) is 0 Å². The number of fused-ring (bicyclic) bond motifs is 1. The number of nitrogens with zero attached hydrogens (tertiary/aromatic N) is 2. The minimum Gasteiger partial charge on any atom is -0.395 e. The molecular formula is C28H43N3OS. The van der Waals surface area contributed by atoms with E-state index in [-0.39, 0.29) is 23.5 Å². The van der Waals surface area contributed by atoms with Gasteiger partial charge >= 0.3 is 0 Å². The molecule has 4 nitrogen and oxygen atoms in total. The molecule has 0 radical (unpaired) electrons. The van der Waals surface area contributed by atoms with Gasteiger partial charge in [0.2, 0.25) is 0 Å². The van der Waals surface area contributed by atoms with E-state index in [2.05, 4.69) is 56.2 Å². The zero-order valence-electron chi connectivity index (χ0n) is 21.1. The van der Waals surface area contributed by atoms with Crippen LogP contribution in [-0.2, 0) is 10.8 Å². The number of hydrogen-bond acceptors (Lipinski definition) is 5. The van der Waals surface area contributed by atoms with E-state index in [1.165, 1.54) is 53.8 Å². The Morgan fingerprint density at radius 3 is 2.48 bits per heavy atom. The van der Waals surface area contributed by atoms with Gasteiger partial charge in [-0.2, -0.15) is 0 Å². The van der Waals surface area contributed by atoms with Crippen molar-refractivity contribution in [2.75, 3.05) is 26.2 Å². The van der Waals surface area contributed by atoms with E-state index in [1.54, 1.807) is 0 Å². The van der Waals surface area contributed by atoms with Crippen LogP contribution >= 0.6 is 11.3 Å². The highest BCUT2D eigenvalue weighted by Gasteiger charge is 2.37. The van der Waals surface area contributed by atoms with Crippen LogP contribution in [0.1, 0.15) is 94.7 Å². The summed E-state index contributed by atoms with van der Waals surface area (Å²) in [5, 5.41) is 12.6. The maximum absolute atomic E-state index is 9.05. The molecule has 1 atom stereocenters. The number of rotatable bonds is 8. The quantitative estimate of drug-likeness (QED) is 0.478. The summed E-state index contributed by atoms with van der Waals surface area (Å²) < 4.78 is 0. The molecule has 33 heavy (non-hydrogen) atoms. The van der Waals surface area contributed by atoms with Gasteiger partial charge in [-0.05, 0) is 86.2 Å². The van der Waals surface area contributed by atoms with Crippen molar-refractivity contribution >= 4 is 11.3 Å². The molecule has 0 saturated carbocycles. The average molecular weight is 470 g/mol. The van der Waals surface area contributed by atoms with Crippen LogP contribution in [0.3, 0.4) is 0 Å². The normalized spacial score (nSPS) is 21.6. The van der Waals surface area contributed by atoms with Gasteiger partial charge in [-0.25, -0.2) is 4.98 Å². The van der Waals surface area contributed by atoms with Gasteiger partial charge in [0.05, 0.1) is 17.3 Å². The zero-order valence-corrected chi connectivity index (χ0v) is 21.9. The van der Waals surface area contributed by atoms with Gasteiger partial charge in [0.25, 0.3) is 0 Å². The van der Waals surface area contributed by atoms with Crippen molar-refractivity contribution in [2.45, 2.75) is 95.4 Å². The van der Waals surface area contributed by atoms with Crippen LogP contribution in [-0.4, -0.2) is 47.3 Å². The third-order valence-electron chi connectivity index (χ3n) is 8.14. The molecule has 1 fully saturated rings. The van der Waals surface area contributed by atoms with E-state index >= 15 is 0 Å². The maximum Gasteiger partial charge on any atom is 0.0964 e. The number of aliphatic hydroxyl groups is 1. The number of likely N-dealkylation sites (tertiary alicyclic amines) is 1. The van der Waals surface area contributed by atoms with E-state index < -0.39 is 0 Å². The Hall–Kier alpha value is -1.27. The number of hydrogen-bond donors (Lipinski definition) is 2. The van der Waals surface area contributed by atoms with Crippen LogP contribution < -0.4 is 5.73 Å². The van der Waals surface area contributed by atoms with Crippen molar-refractivity contribution in [3.8, 4) is 11.3 Å². The summed E-state index contributed by atoms with van der Waals surface area (Å²) in [6, 6.07) is 7.05. The molecule has 0 bridgehead atoms. The molecule has 0 spiro atoms. The number of nitrogens with two attached hydrogens (primary N) is 1. The predicted octanol–water partition coefficient (Wildman–Crippen LogP) is 5.83. The van der Waals surface area contributed by atoms with Gasteiger partial charge in [0.1, 0.15) is 0 Å². The molecule has 2 aliphatic rings. The first-order chi connectivity index (χ1) is 15.7. The summed E-state index contributed by atoms with van der Waals surface area (Å²) in [6.45, 7) is 13.1. The lowest BCUT2D eigenvalue weighted by Gasteiger charge is -2.42. The first-order valence-electron chi connectivity index (χ1n) is 12.9. The summed E-state index contributed by atoms with van der Waals surface area (Å²) in [5.41, 5.74) is 11.8. The lowest BCUT2D eigenvalue weighted by Crippen LogP contribution is -2.34. The molecule has 2 heterocycles. The summed E-state index contributed by atoms with van der Waals surface area (Å²) in [5.74, 6) is 0.593. The van der Waals surface area contributed by atoms with Gasteiger partial charge < -0.3 is 15.7 Å². The standard InChI is InChI=1S/C28H43N3OS/c1-27(2)12-13-28(3,4)24-17-21(8-9-23(24)27)25-19-33-26(30-25)20-10-15-31(16-11-20)14-6-5-7-22(29)18-32/h8-9,17,19-20,22,32H,5-7,10-16,18,29H2,1-4H3/t22-/m1/s1.